The highest BCUT2D eigenvalue weighted by Crippen LogP contribution is 2.37. The lowest BCUT2D eigenvalue weighted by Gasteiger charge is -2.19. The van der Waals surface area contributed by atoms with Crippen molar-refractivity contribution in [2.45, 2.75) is 45.4 Å². The Kier molecular flexibility index (Phi) is 4.45. The van der Waals surface area contributed by atoms with Gasteiger partial charge in [-0.3, -0.25) is 19.3 Å². The molecule has 7 nitrogen and oxygen atoms in total. The van der Waals surface area contributed by atoms with Crippen LogP contribution in [0.3, 0.4) is 0 Å². The Hall–Kier alpha value is -2.70. The fourth-order valence-corrected chi connectivity index (χ4v) is 4.00. The number of benzene rings is 1. The molecule has 1 saturated heterocycles. The number of carbonyl (C=O) groups excluding carboxylic acids is 3. The van der Waals surface area contributed by atoms with Crippen LogP contribution in [0.4, 0.5) is 5.69 Å². The number of nitrogens with zero attached hydrogens (tertiary/aromatic N) is 2. The standard InChI is InChI=1S/C20H23N3O4/c1-11(2)18-22-15-9-12(7-8-16(15)27-18)21-17(24)10-23-19(25)13-5-3-4-6-14(13)20(23)26/h7-9,11,13-14H,3-6,10H2,1-2H3,(H,21,24)/t13-,14-/m1/s1. The van der Waals surface area contributed by atoms with Gasteiger partial charge in [-0.2, -0.15) is 0 Å². The van der Waals surface area contributed by atoms with Crippen LogP contribution in [0.1, 0.15) is 51.3 Å². The third kappa shape index (κ3) is 3.22. The summed E-state index contributed by atoms with van der Waals surface area (Å²) in [5.41, 5.74) is 1.88. The lowest BCUT2D eigenvalue weighted by Crippen LogP contribution is -2.38. The van der Waals surface area contributed by atoms with Gasteiger partial charge >= 0.3 is 0 Å². The van der Waals surface area contributed by atoms with Crippen molar-refractivity contribution >= 4 is 34.5 Å². The molecule has 3 amide bonds. The van der Waals surface area contributed by atoms with Gasteiger partial charge in [-0.1, -0.05) is 26.7 Å². The summed E-state index contributed by atoms with van der Waals surface area (Å²) >= 11 is 0. The monoisotopic (exact) mass is 369 g/mol. The van der Waals surface area contributed by atoms with Crippen LogP contribution in [-0.2, 0) is 14.4 Å². The number of rotatable bonds is 4. The predicted octanol–water partition coefficient (Wildman–Crippen LogP) is 3.06. The number of oxazole rings is 1. The maximum Gasteiger partial charge on any atom is 0.244 e. The van der Waals surface area contributed by atoms with E-state index in [0.29, 0.717) is 22.7 Å². The van der Waals surface area contributed by atoms with Gasteiger partial charge in [-0.15, -0.1) is 0 Å². The first kappa shape index (κ1) is 17.7. The molecule has 0 radical (unpaired) electrons. The quantitative estimate of drug-likeness (QED) is 0.836. The van der Waals surface area contributed by atoms with Gasteiger partial charge in [0.1, 0.15) is 12.1 Å². The molecule has 1 N–H and O–H groups in total. The molecule has 0 unspecified atom stereocenters. The zero-order valence-electron chi connectivity index (χ0n) is 15.5. The van der Waals surface area contributed by atoms with Gasteiger partial charge in [-0.05, 0) is 31.0 Å². The minimum absolute atomic E-state index is 0.172. The lowest BCUT2D eigenvalue weighted by atomic mass is 9.81. The van der Waals surface area contributed by atoms with Crippen molar-refractivity contribution in [2.75, 3.05) is 11.9 Å². The minimum atomic E-state index is -0.387. The molecule has 4 rings (SSSR count). The molecule has 1 aliphatic heterocycles. The smallest absolute Gasteiger partial charge is 0.244 e. The zero-order valence-corrected chi connectivity index (χ0v) is 15.5. The Balaban J connectivity index is 1.45. The van der Waals surface area contributed by atoms with Crippen molar-refractivity contribution in [1.29, 1.82) is 0 Å². The van der Waals surface area contributed by atoms with Crippen molar-refractivity contribution in [3.05, 3.63) is 24.1 Å². The number of anilines is 1. The number of likely N-dealkylation sites (tertiary alicyclic amines) is 1. The van der Waals surface area contributed by atoms with Gasteiger partial charge < -0.3 is 9.73 Å². The summed E-state index contributed by atoms with van der Waals surface area (Å²) in [7, 11) is 0. The number of hydrogen-bond acceptors (Lipinski definition) is 5. The summed E-state index contributed by atoms with van der Waals surface area (Å²) in [6, 6.07) is 5.21. The topological polar surface area (TPSA) is 92.5 Å². The summed E-state index contributed by atoms with van der Waals surface area (Å²) in [6.07, 6.45) is 3.43. The van der Waals surface area contributed by atoms with Crippen LogP contribution in [-0.4, -0.2) is 34.2 Å². The van der Waals surface area contributed by atoms with E-state index >= 15 is 0 Å². The molecule has 27 heavy (non-hydrogen) atoms. The van der Waals surface area contributed by atoms with Crippen LogP contribution in [0.25, 0.3) is 11.1 Å². The number of imide groups is 1. The average molecular weight is 369 g/mol. The van der Waals surface area contributed by atoms with Crippen molar-refractivity contribution in [2.24, 2.45) is 11.8 Å². The van der Waals surface area contributed by atoms with Crippen LogP contribution in [0.2, 0.25) is 0 Å². The van der Waals surface area contributed by atoms with E-state index in [1.807, 2.05) is 13.8 Å². The van der Waals surface area contributed by atoms with Gasteiger partial charge in [0.25, 0.3) is 0 Å². The minimum Gasteiger partial charge on any atom is -0.440 e. The highest BCUT2D eigenvalue weighted by molar-refractivity contribution is 6.08. The van der Waals surface area contributed by atoms with Crippen molar-refractivity contribution in [3.8, 4) is 0 Å². The highest BCUT2D eigenvalue weighted by Gasteiger charge is 2.48. The number of amides is 3. The second-order valence-corrected chi connectivity index (χ2v) is 7.70. The van der Waals surface area contributed by atoms with Gasteiger partial charge in [0.05, 0.1) is 11.8 Å². The van der Waals surface area contributed by atoms with Crippen molar-refractivity contribution in [1.82, 2.24) is 9.88 Å². The summed E-state index contributed by atoms with van der Waals surface area (Å²) in [4.78, 5) is 42.9. The third-order valence-electron chi connectivity index (χ3n) is 5.42. The first-order chi connectivity index (χ1) is 12.9. The fourth-order valence-electron chi connectivity index (χ4n) is 4.00. The molecule has 2 heterocycles. The average Bonchev–Trinajstić information content (AvgIpc) is 3.17. The van der Waals surface area contributed by atoms with Crippen molar-refractivity contribution < 1.29 is 18.8 Å². The van der Waals surface area contributed by atoms with Crippen LogP contribution < -0.4 is 5.32 Å². The van der Waals surface area contributed by atoms with E-state index in [-0.39, 0.29) is 42.0 Å². The molecule has 2 fully saturated rings. The van der Waals surface area contributed by atoms with E-state index < -0.39 is 0 Å². The van der Waals surface area contributed by atoms with Gasteiger partial charge in [0.15, 0.2) is 11.5 Å². The van der Waals surface area contributed by atoms with Gasteiger partial charge in [0.2, 0.25) is 17.7 Å². The molecule has 142 valence electrons. The largest absolute Gasteiger partial charge is 0.440 e. The van der Waals surface area contributed by atoms with E-state index in [9.17, 15) is 14.4 Å². The molecule has 0 bridgehead atoms. The van der Waals surface area contributed by atoms with E-state index in [4.69, 9.17) is 4.42 Å². The first-order valence-electron chi connectivity index (χ1n) is 9.49. The summed E-state index contributed by atoms with van der Waals surface area (Å²) in [6.45, 7) is 3.75. The number of aromatic nitrogens is 1. The Bertz CT molecular complexity index is 893. The number of nitrogens with one attached hydrogen (secondary N) is 1. The normalized spacial score (nSPS) is 22.6. The van der Waals surface area contributed by atoms with Crippen LogP contribution in [0.5, 0.6) is 0 Å². The second kappa shape index (κ2) is 6.79. The van der Waals surface area contributed by atoms with Gasteiger partial charge in [-0.25, -0.2) is 4.98 Å². The number of fused-ring (bicyclic) bond motifs is 2. The molecule has 7 heteroatoms. The van der Waals surface area contributed by atoms with E-state index in [0.717, 1.165) is 30.6 Å². The fraction of sp³-hybridized carbons (Fsp3) is 0.500. The summed E-state index contributed by atoms with van der Waals surface area (Å²) in [5, 5.41) is 2.76. The summed E-state index contributed by atoms with van der Waals surface area (Å²) in [5.74, 6) is -0.445. The Morgan fingerprint density at radius 1 is 1.22 bits per heavy atom. The van der Waals surface area contributed by atoms with E-state index in [2.05, 4.69) is 10.3 Å². The SMILES string of the molecule is CC(C)c1nc2cc(NC(=O)CN3C(=O)[C@@H]4CCCC[C@H]4C3=O)ccc2o1. The van der Waals surface area contributed by atoms with Crippen molar-refractivity contribution in [3.63, 3.8) is 0 Å². The zero-order chi connectivity index (χ0) is 19.1. The molecular formula is C20H23N3O4. The maximum absolute atomic E-state index is 12.5. The first-order valence-corrected chi connectivity index (χ1v) is 9.49. The maximum atomic E-state index is 12.5. The third-order valence-corrected chi connectivity index (χ3v) is 5.42. The molecule has 2 aliphatic rings. The Morgan fingerprint density at radius 3 is 2.52 bits per heavy atom. The second-order valence-electron chi connectivity index (χ2n) is 7.70. The van der Waals surface area contributed by atoms with Crippen LogP contribution >= 0.6 is 0 Å². The molecule has 2 aromatic rings. The van der Waals surface area contributed by atoms with Gasteiger partial charge in [0, 0.05) is 11.6 Å². The highest BCUT2D eigenvalue weighted by atomic mass is 16.3. The number of hydrogen-bond donors (Lipinski definition) is 1. The Labute approximate surface area is 157 Å². The van der Waals surface area contributed by atoms with E-state index in [1.54, 1.807) is 18.2 Å². The van der Waals surface area contributed by atoms with E-state index in [1.165, 1.54) is 0 Å². The molecule has 1 aromatic carbocycles. The number of carbonyl (C=O) groups is 3. The predicted molar refractivity (Wildman–Crippen MR) is 98.9 cm³/mol. The van der Waals surface area contributed by atoms with Crippen LogP contribution in [0, 0.1) is 11.8 Å². The molecule has 1 saturated carbocycles. The summed E-state index contributed by atoms with van der Waals surface area (Å²) < 4.78 is 5.66. The molecule has 1 aromatic heterocycles. The molecular weight excluding hydrogens is 346 g/mol. The molecule has 1 aliphatic carbocycles. The van der Waals surface area contributed by atoms with Crippen LogP contribution in [0.15, 0.2) is 22.6 Å². The lowest BCUT2D eigenvalue weighted by molar-refractivity contribution is -0.142. The molecule has 2 atom stereocenters. The molecule has 0 spiro atoms. The Morgan fingerprint density at radius 2 is 1.89 bits per heavy atom.